The number of unbranched alkanes of at least 4 members (excludes halogenated alkanes) is 6. The predicted octanol–water partition coefficient (Wildman–Crippen LogP) is 12.8. The van der Waals surface area contributed by atoms with Crippen molar-refractivity contribution in [1.29, 1.82) is 0 Å². The maximum atomic E-state index is 13.2. The first-order valence-corrected chi connectivity index (χ1v) is 25.2. The zero-order valence-electron chi connectivity index (χ0n) is 33.6. The Hall–Kier alpha value is -5.34. The van der Waals surface area contributed by atoms with E-state index in [2.05, 4.69) is 62.4 Å². The number of fused-ring (bicyclic) bond motifs is 5. The van der Waals surface area contributed by atoms with Gasteiger partial charge in [0.2, 0.25) is 0 Å². The minimum Gasteiger partial charge on any atom is -0.288 e. The average molecular weight is 827 g/mol. The second-order valence-electron chi connectivity index (χ2n) is 16.2. The summed E-state index contributed by atoms with van der Waals surface area (Å²) in [6.07, 6.45) is 13.3. The second-order valence-corrected chi connectivity index (χ2v) is 22.6. The molecule has 0 fully saturated rings. The summed E-state index contributed by atoms with van der Waals surface area (Å²) in [5.74, 6) is -0.785. The zero-order valence-corrected chi connectivity index (χ0v) is 36.2. The summed E-state index contributed by atoms with van der Waals surface area (Å²) in [4.78, 5) is 56.8. The number of benzene rings is 4. The predicted molar refractivity (Wildman–Crippen MR) is 248 cm³/mol. The molecule has 1 aliphatic heterocycles. The molecule has 0 N–H and O–H groups in total. The summed E-state index contributed by atoms with van der Waals surface area (Å²) >= 11 is 3.27. The smallest absolute Gasteiger partial charge is 0.197 e. The lowest BCUT2D eigenvalue weighted by Crippen LogP contribution is -2.55. The van der Waals surface area contributed by atoms with Gasteiger partial charge in [-0.2, -0.15) is 10.4 Å². The van der Waals surface area contributed by atoms with E-state index in [-0.39, 0.29) is 34.3 Å². The molecule has 0 atom stereocenters. The SMILES string of the molecule is CCCCCC[Si-]1(CCCCCC)c2cc(-c3ccc(C=C4C(=O)c5ccccc5C4=O)s3)ccc2-c2ccc(-c3ccc(C=C4C(=O)c5ccccc5C4=O)s3)cc21. The fourth-order valence-electron chi connectivity index (χ4n) is 9.44. The molecule has 0 saturated heterocycles. The van der Waals surface area contributed by atoms with Crippen LogP contribution in [0, 0.1) is 0 Å². The van der Waals surface area contributed by atoms with Crippen molar-refractivity contribution in [2.75, 3.05) is 0 Å². The van der Waals surface area contributed by atoms with Crippen molar-refractivity contribution in [3.63, 3.8) is 0 Å². The Labute approximate surface area is 355 Å². The van der Waals surface area contributed by atoms with E-state index >= 15 is 0 Å². The van der Waals surface area contributed by atoms with E-state index in [4.69, 9.17) is 0 Å². The fourth-order valence-corrected chi connectivity index (χ4v) is 17.0. The summed E-state index contributed by atoms with van der Waals surface area (Å²) in [5.41, 5.74) is 7.53. The lowest BCUT2D eigenvalue weighted by atomic mass is 10.0. The molecule has 0 radical (unpaired) electrons. The molecule has 2 aliphatic carbocycles. The summed E-state index contributed by atoms with van der Waals surface area (Å²) in [5, 5.41) is 3.07. The van der Waals surface area contributed by atoms with Gasteiger partial charge in [0.25, 0.3) is 0 Å². The highest BCUT2D eigenvalue weighted by Gasteiger charge is 2.36. The maximum absolute atomic E-state index is 13.2. The molecule has 4 aromatic carbocycles. The van der Waals surface area contributed by atoms with Gasteiger partial charge in [-0.3, -0.25) is 19.2 Å². The van der Waals surface area contributed by atoms with Crippen molar-refractivity contribution >= 4 is 76.4 Å². The Morgan fingerprint density at radius 2 is 0.831 bits per heavy atom. The normalized spacial score (nSPS) is 14.8. The molecule has 0 saturated carbocycles. The summed E-state index contributed by atoms with van der Waals surface area (Å²) in [6, 6.07) is 39.1. The molecule has 6 aromatic rings. The van der Waals surface area contributed by atoms with Gasteiger partial charge in [-0.15, -0.1) is 34.8 Å². The van der Waals surface area contributed by atoms with Crippen molar-refractivity contribution in [1.82, 2.24) is 0 Å². The number of thiophene rings is 2. The largest absolute Gasteiger partial charge is 0.288 e. The van der Waals surface area contributed by atoms with E-state index in [1.54, 1.807) is 59.1 Å². The Kier molecular flexibility index (Phi) is 10.9. The average Bonchev–Trinajstić information content (AvgIpc) is 4.08. The van der Waals surface area contributed by atoms with Gasteiger partial charge in [0.1, 0.15) is 0 Å². The quantitative estimate of drug-likeness (QED) is 0.0475. The molecule has 4 nitrogen and oxygen atoms in total. The number of carbonyl (C=O) groups excluding carboxylic acids is 4. The summed E-state index contributed by atoms with van der Waals surface area (Å²) < 4.78 is 0. The van der Waals surface area contributed by atoms with Crippen LogP contribution in [0.1, 0.15) is 116 Å². The van der Waals surface area contributed by atoms with Gasteiger partial charge in [-0.05, 0) is 47.5 Å². The number of carbonyl (C=O) groups is 4. The molecule has 59 heavy (non-hydrogen) atoms. The van der Waals surface area contributed by atoms with Crippen LogP contribution in [0.15, 0.2) is 120 Å². The van der Waals surface area contributed by atoms with Crippen LogP contribution in [-0.4, -0.2) is 31.2 Å². The summed E-state index contributed by atoms with van der Waals surface area (Å²) in [6.45, 7) is 4.56. The number of hydrogen-bond donors (Lipinski definition) is 0. The van der Waals surface area contributed by atoms with Crippen molar-refractivity contribution < 1.29 is 19.2 Å². The molecular weight excluding hydrogens is 781 g/mol. The molecule has 7 heteroatoms. The van der Waals surface area contributed by atoms with Crippen molar-refractivity contribution in [2.45, 2.75) is 77.3 Å². The van der Waals surface area contributed by atoms with Gasteiger partial charge in [0.05, 0.1) is 11.1 Å². The molecule has 0 spiro atoms. The first-order valence-electron chi connectivity index (χ1n) is 21.1. The first kappa shape index (κ1) is 39.1. The first-order chi connectivity index (χ1) is 28.8. The molecule has 2 aromatic heterocycles. The molecule has 3 aliphatic rings. The Morgan fingerprint density at radius 1 is 0.441 bits per heavy atom. The van der Waals surface area contributed by atoms with Crippen molar-refractivity contribution in [2.24, 2.45) is 0 Å². The minimum absolute atomic E-state index is 0.196. The lowest BCUT2D eigenvalue weighted by Gasteiger charge is -2.43. The molecule has 3 heterocycles. The van der Waals surface area contributed by atoms with E-state index in [0.29, 0.717) is 22.3 Å². The van der Waals surface area contributed by atoms with Gasteiger partial charge in [0, 0.05) is 41.8 Å². The van der Waals surface area contributed by atoms with Crippen molar-refractivity contribution in [3.05, 3.63) is 152 Å². The van der Waals surface area contributed by atoms with Crippen LogP contribution in [0.3, 0.4) is 0 Å². The van der Waals surface area contributed by atoms with Gasteiger partial charge in [-0.1, -0.05) is 169 Å². The third kappa shape index (κ3) is 7.03. The standard InChI is InChI=1S/C52H46O4S2Si/c1-3-5-7-13-27-59(28-14-8-6-4-2)47-29-33(45-25-21-35(57-45)31-43-49(53)39-15-9-10-16-40(39)50(43)54)19-23-37(47)38-24-20-34(30-48(38)59)46-26-22-36(58-46)32-44-51(55)41-17-11-12-18-42(41)52(44)56/h9-12,15-26,29-32H,3-8,13-14,27-28H2,1-2H3/q-1. The van der Waals surface area contributed by atoms with E-state index in [9.17, 15) is 19.2 Å². The van der Waals surface area contributed by atoms with Crippen molar-refractivity contribution in [3.8, 4) is 32.0 Å². The molecule has 0 amide bonds. The van der Waals surface area contributed by atoms with Gasteiger partial charge < -0.3 is 0 Å². The highest BCUT2D eigenvalue weighted by molar-refractivity contribution is 7.17. The Balaban J connectivity index is 1.08. The van der Waals surface area contributed by atoms with Gasteiger partial charge in [-0.25, -0.2) is 0 Å². The van der Waals surface area contributed by atoms with Crippen LogP contribution in [0.5, 0.6) is 0 Å². The Bertz CT molecular complexity index is 2480. The number of rotatable bonds is 14. The van der Waals surface area contributed by atoms with Gasteiger partial charge in [0.15, 0.2) is 23.1 Å². The van der Waals surface area contributed by atoms with Crippen LogP contribution in [-0.2, 0) is 0 Å². The maximum Gasteiger partial charge on any atom is 0.197 e. The molecular formula is C52H46O4S2Si-. The molecule has 0 bridgehead atoms. The van der Waals surface area contributed by atoms with Crippen LogP contribution in [0.4, 0.5) is 0 Å². The van der Waals surface area contributed by atoms with E-state index in [1.165, 1.54) is 96.1 Å². The molecule has 295 valence electrons. The zero-order chi connectivity index (χ0) is 40.7. The van der Waals surface area contributed by atoms with Gasteiger partial charge >= 0.3 is 0 Å². The number of Topliss-reactive ketones (excluding diaryl/α,β-unsaturated/α-hetero) is 4. The molecule has 0 unspecified atom stereocenters. The van der Waals surface area contributed by atoms with Crippen LogP contribution in [0.25, 0.3) is 44.2 Å². The van der Waals surface area contributed by atoms with E-state index < -0.39 is 8.07 Å². The second kappa shape index (κ2) is 16.4. The third-order valence-corrected chi connectivity index (χ3v) is 19.9. The van der Waals surface area contributed by atoms with E-state index in [1.807, 2.05) is 36.4 Å². The number of ketones is 4. The van der Waals surface area contributed by atoms with E-state index in [0.717, 1.165) is 19.5 Å². The van der Waals surface area contributed by atoms with Crippen LogP contribution in [0.2, 0.25) is 12.1 Å². The van der Waals surface area contributed by atoms with Crippen LogP contribution < -0.4 is 10.4 Å². The van der Waals surface area contributed by atoms with Crippen LogP contribution >= 0.6 is 22.7 Å². The summed E-state index contributed by atoms with van der Waals surface area (Å²) in [7, 11) is -2.25. The highest BCUT2D eigenvalue weighted by Crippen LogP contribution is 2.41. The fraction of sp³-hybridized carbons (Fsp3) is 0.231. The third-order valence-electron chi connectivity index (χ3n) is 12.5. The number of hydrogen-bond acceptors (Lipinski definition) is 6. The Morgan fingerprint density at radius 3 is 1.20 bits per heavy atom. The minimum atomic E-state index is -2.25. The monoisotopic (exact) mass is 826 g/mol. The topological polar surface area (TPSA) is 68.3 Å². The lowest BCUT2D eigenvalue weighted by molar-refractivity contribution is 0.0975. The number of allylic oxidation sites excluding steroid dienone is 2. The molecule has 9 rings (SSSR count). The highest BCUT2D eigenvalue weighted by atomic mass is 32.1.